The Morgan fingerprint density at radius 2 is 1.86 bits per heavy atom. The first-order chi connectivity index (χ1) is 12.9. The summed E-state index contributed by atoms with van der Waals surface area (Å²) in [6, 6.07) is 7.44. The van der Waals surface area contributed by atoms with Gasteiger partial charge in [-0.2, -0.15) is 13.2 Å². The lowest BCUT2D eigenvalue weighted by Crippen LogP contribution is -2.46. The second-order valence-corrected chi connectivity index (χ2v) is 6.61. The quantitative estimate of drug-likeness (QED) is 0.245. The third-order valence-electron chi connectivity index (χ3n) is 4.68. The summed E-state index contributed by atoms with van der Waals surface area (Å²) in [6.45, 7) is 1.19. The Kier molecular flexibility index (Phi) is 10.8. The van der Waals surface area contributed by atoms with Gasteiger partial charge in [0, 0.05) is 25.7 Å². The van der Waals surface area contributed by atoms with E-state index in [1.807, 2.05) is 24.3 Å². The van der Waals surface area contributed by atoms with Gasteiger partial charge in [0.25, 0.3) is 0 Å². The summed E-state index contributed by atoms with van der Waals surface area (Å²) in [4.78, 5) is 4.14. The van der Waals surface area contributed by atoms with E-state index in [4.69, 9.17) is 9.47 Å². The van der Waals surface area contributed by atoms with E-state index in [0.29, 0.717) is 32.0 Å². The van der Waals surface area contributed by atoms with E-state index in [1.165, 1.54) is 0 Å². The highest BCUT2D eigenvalue weighted by Crippen LogP contribution is 2.37. The number of rotatable bonds is 7. The molecule has 0 heterocycles. The lowest BCUT2D eigenvalue weighted by atomic mass is 9.85. The predicted molar refractivity (Wildman–Crippen MR) is 115 cm³/mol. The van der Waals surface area contributed by atoms with Crippen LogP contribution < -0.4 is 20.1 Å². The van der Waals surface area contributed by atoms with Crippen molar-refractivity contribution in [3.8, 4) is 11.5 Å². The first-order valence-corrected chi connectivity index (χ1v) is 9.23. The number of methoxy groups -OCH3 is 1. The van der Waals surface area contributed by atoms with E-state index in [9.17, 15) is 13.2 Å². The minimum Gasteiger partial charge on any atom is -0.497 e. The number of aliphatic imine (C=N–C) groups is 1. The average Bonchev–Trinajstić information content (AvgIpc) is 2.66. The molecule has 0 atom stereocenters. The lowest BCUT2D eigenvalue weighted by molar-refractivity contribution is -0.182. The topological polar surface area (TPSA) is 54.9 Å². The van der Waals surface area contributed by atoms with Crippen LogP contribution in [-0.2, 0) is 0 Å². The molecular weight excluding hydrogens is 486 g/mol. The number of nitrogens with one attached hydrogen (secondary N) is 2. The molecule has 9 heteroatoms. The molecule has 2 N–H and O–H groups in total. The molecule has 1 aromatic carbocycles. The van der Waals surface area contributed by atoms with Crippen LogP contribution in [0.25, 0.3) is 0 Å². The normalized spacial score (nSPS) is 20.1. The average molecular weight is 515 g/mol. The van der Waals surface area contributed by atoms with Crippen LogP contribution in [0.1, 0.15) is 32.1 Å². The lowest BCUT2D eigenvalue weighted by Gasteiger charge is -2.31. The van der Waals surface area contributed by atoms with Crippen LogP contribution in [0.15, 0.2) is 29.3 Å². The second-order valence-electron chi connectivity index (χ2n) is 6.61. The number of alkyl halides is 3. The van der Waals surface area contributed by atoms with E-state index < -0.39 is 12.1 Å². The summed E-state index contributed by atoms with van der Waals surface area (Å²) in [5.41, 5.74) is 0. The third kappa shape index (κ3) is 8.32. The number of halogens is 4. The van der Waals surface area contributed by atoms with E-state index in [1.54, 1.807) is 14.2 Å². The van der Waals surface area contributed by atoms with Crippen molar-refractivity contribution in [2.45, 2.75) is 44.3 Å². The minimum atomic E-state index is -4.08. The fraction of sp³-hybridized carbons (Fsp3) is 0.632. The van der Waals surface area contributed by atoms with Gasteiger partial charge in [-0.15, -0.1) is 24.0 Å². The highest BCUT2D eigenvalue weighted by molar-refractivity contribution is 14.0. The molecule has 0 radical (unpaired) electrons. The molecule has 2 rings (SSSR count). The Balaban J connectivity index is 0.00000392. The van der Waals surface area contributed by atoms with Crippen molar-refractivity contribution < 1.29 is 22.6 Å². The highest BCUT2D eigenvalue weighted by atomic mass is 127. The zero-order valence-corrected chi connectivity index (χ0v) is 18.6. The Bertz CT molecular complexity index is 606. The Morgan fingerprint density at radius 1 is 1.18 bits per heavy atom. The maximum atomic E-state index is 12.7. The van der Waals surface area contributed by atoms with Crippen molar-refractivity contribution in [1.82, 2.24) is 10.6 Å². The highest BCUT2D eigenvalue weighted by Gasteiger charge is 2.41. The molecule has 160 valence electrons. The monoisotopic (exact) mass is 515 g/mol. The van der Waals surface area contributed by atoms with Gasteiger partial charge in [-0.25, -0.2) is 0 Å². The molecule has 0 spiro atoms. The van der Waals surface area contributed by atoms with E-state index in [-0.39, 0.29) is 42.9 Å². The molecule has 28 heavy (non-hydrogen) atoms. The zero-order chi connectivity index (χ0) is 19.7. The van der Waals surface area contributed by atoms with Gasteiger partial charge in [-0.05, 0) is 44.2 Å². The van der Waals surface area contributed by atoms with Gasteiger partial charge in [0.05, 0.1) is 19.6 Å². The molecule has 1 aliphatic carbocycles. The van der Waals surface area contributed by atoms with Crippen molar-refractivity contribution in [1.29, 1.82) is 0 Å². The molecule has 5 nitrogen and oxygen atoms in total. The van der Waals surface area contributed by atoms with Crippen LogP contribution >= 0.6 is 24.0 Å². The molecule has 0 amide bonds. The van der Waals surface area contributed by atoms with Gasteiger partial charge < -0.3 is 20.1 Å². The standard InChI is InChI=1S/C19H28F3N3O2.HI/c1-23-18(25-15-9-7-14(8-10-15)19(20,21)22)24-11-4-12-27-17-6-3-5-16(13-17)26-2;/h3,5-6,13-15H,4,7-12H2,1-2H3,(H2,23,24,25);1H. The second kappa shape index (κ2) is 12.2. The Hall–Kier alpha value is -1.39. The van der Waals surface area contributed by atoms with Gasteiger partial charge in [0.1, 0.15) is 11.5 Å². The van der Waals surface area contributed by atoms with Gasteiger partial charge in [0.2, 0.25) is 0 Å². The zero-order valence-electron chi connectivity index (χ0n) is 16.2. The molecule has 0 aromatic heterocycles. The summed E-state index contributed by atoms with van der Waals surface area (Å²) < 4.78 is 49.0. The molecule has 0 aliphatic heterocycles. The summed E-state index contributed by atoms with van der Waals surface area (Å²) >= 11 is 0. The molecule has 0 saturated heterocycles. The minimum absolute atomic E-state index is 0. The molecule has 1 saturated carbocycles. The van der Waals surface area contributed by atoms with Crippen LogP contribution in [0.4, 0.5) is 13.2 Å². The molecular formula is C19H29F3IN3O2. The maximum absolute atomic E-state index is 12.7. The first-order valence-electron chi connectivity index (χ1n) is 9.23. The predicted octanol–water partition coefficient (Wildman–Crippen LogP) is 4.37. The van der Waals surface area contributed by atoms with Crippen LogP contribution in [0.5, 0.6) is 11.5 Å². The smallest absolute Gasteiger partial charge is 0.391 e. The Morgan fingerprint density at radius 3 is 2.46 bits per heavy atom. The van der Waals surface area contributed by atoms with Gasteiger partial charge in [-0.3, -0.25) is 4.99 Å². The Labute approximate surface area is 181 Å². The first kappa shape index (κ1) is 24.6. The largest absolute Gasteiger partial charge is 0.497 e. The molecule has 0 bridgehead atoms. The number of guanidine groups is 1. The van der Waals surface area contributed by atoms with Crippen LogP contribution in [0, 0.1) is 5.92 Å². The number of ether oxygens (including phenoxy) is 2. The third-order valence-corrected chi connectivity index (χ3v) is 4.68. The van der Waals surface area contributed by atoms with Crippen LogP contribution in [0.2, 0.25) is 0 Å². The summed E-state index contributed by atoms with van der Waals surface area (Å²) in [6.07, 6.45) is -1.96. The van der Waals surface area contributed by atoms with Gasteiger partial charge in [0.15, 0.2) is 5.96 Å². The van der Waals surface area contributed by atoms with Crippen molar-refractivity contribution in [2.24, 2.45) is 10.9 Å². The molecule has 1 fully saturated rings. The molecule has 1 aliphatic rings. The number of benzene rings is 1. The van der Waals surface area contributed by atoms with Crippen LogP contribution in [-0.4, -0.2) is 45.5 Å². The maximum Gasteiger partial charge on any atom is 0.391 e. The summed E-state index contributed by atoms with van der Waals surface area (Å²) in [5.74, 6) is 0.944. The number of hydrogen-bond acceptors (Lipinski definition) is 3. The summed E-state index contributed by atoms with van der Waals surface area (Å²) in [5, 5.41) is 6.39. The van der Waals surface area contributed by atoms with Crippen LogP contribution in [0.3, 0.4) is 0 Å². The van der Waals surface area contributed by atoms with E-state index in [0.717, 1.165) is 17.9 Å². The fourth-order valence-electron chi connectivity index (χ4n) is 3.11. The number of nitrogens with zero attached hydrogens (tertiary/aromatic N) is 1. The van der Waals surface area contributed by atoms with Gasteiger partial charge >= 0.3 is 6.18 Å². The van der Waals surface area contributed by atoms with E-state index >= 15 is 0 Å². The number of hydrogen-bond donors (Lipinski definition) is 2. The van der Waals surface area contributed by atoms with Crippen molar-refractivity contribution in [3.05, 3.63) is 24.3 Å². The fourth-order valence-corrected chi connectivity index (χ4v) is 3.11. The van der Waals surface area contributed by atoms with Crippen molar-refractivity contribution in [2.75, 3.05) is 27.3 Å². The SMILES string of the molecule is CN=C(NCCCOc1cccc(OC)c1)NC1CCC(C(F)(F)F)CC1.I. The molecule has 1 aromatic rings. The van der Waals surface area contributed by atoms with Crippen molar-refractivity contribution >= 4 is 29.9 Å². The van der Waals surface area contributed by atoms with E-state index in [2.05, 4.69) is 15.6 Å². The van der Waals surface area contributed by atoms with Crippen molar-refractivity contribution in [3.63, 3.8) is 0 Å². The van der Waals surface area contributed by atoms with Gasteiger partial charge in [-0.1, -0.05) is 6.07 Å². The molecule has 0 unspecified atom stereocenters. The summed E-state index contributed by atoms with van der Waals surface area (Å²) in [7, 11) is 3.26.